The third kappa shape index (κ3) is 5.07. The molecule has 1 aromatic rings. The first-order valence-electron chi connectivity index (χ1n) is 15.4. The topological polar surface area (TPSA) is 151 Å². The van der Waals surface area contributed by atoms with Crippen molar-refractivity contribution >= 4 is 17.7 Å². The van der Waals surface area contributed by atoms with Gasteiger partial charge in [0.25, 0.3) is 0 Å². The van der Waals surface area contributed by atoms with Crippen LogP contribution in [0.5, 0.6) is 0 Å². The Kier molecular flexibility index (Phi) is 8.25. The maximum Gasteiger partial charge on any atom is 0.335 e. The van der Waals surface area contributed by atoms with E-state index >= 15 is 0 Å². The molecule has 5 rings (SSSR count). The molecule has 4 aliphatic rings. The lowest BCUT2D eigenvalue weighted by Crippen LogP contribution is -2.70. The van der Waals surface area contributed by atoms with Gasteiger partial charge in [0.2, 0.25) is 0 Å². The zero-order valence-electron chi connectivity index (χ0n) is 24.2. The van der Waals surface area contributed by atoms with E-state index in [2.05, 4.69) is 6.92 Å². The van der Waals surface area contributed by atoms with Gasteiger partial charge in [0, 0.05) is 30.7 Å². The molecule has 9 nitrogen and oxygen atoms in total. The van der Waals surface area contributed by atoms with Gasteiger partial charge in [0.05, 0.1) is 17.3 Å². The number of esters is 1. The highest BCUT2D eigenvalue weighted by molar-refractivity contribution is 5.93. The van der Waals surface area contributed by atoms with Crippen molar-refractivity contribution in [2.45, 2.75) is 121 Å². The number of unbranched alkanes of at least 4 members (excludes halogenated alkanes) is 3. The van der Waals surface area contributed by atoms with Crippen molar-refractivity contribution in [2.24, 2.45) is 28.6 Å². The number of aliphatic hydroxyl groups excluding tert-OH is 1. The van der Waals surface area contributed by atoms with Gasteiger partial charge in [-0.05, 0) is 93.6 Å². The first-order valence-corrected chi connectivity index (χ1v) is 15.4. The molecule has 0 radical (unpaired) electrons. The second-order valence-electron chi connectivity index (χ2n) is 13.5. The van der Waals surface area contributed by atoms with Gasteiger partial charge in [-0.25, -0.2) is 4.79 Å². The highest BCUT2D eigenvalue weighted by Crippen LogP contribution is 2.69. The van der Waals surface area contributed by atoms with E-state index in [-0.39, 0.29) is 53.4 Å². The SMILES string of the molecule is CC12CCC(OC(=O)CCCCCCC(=O)O)CC1CCC1C2C(O)C(=O)C2(C)C(c3ccc(=O)oc3)CCC12O. The quantitative estimate of drug-likeness (QED) is 0.289. The van der Waals surface area contributed by atoms with Crippen LogP contribution in [0, 0.1) is 28.6 Å². The number of fused-ring (bicyclic) bond motifs is 5. The lowest BCUT2D eigenvalue weighted by molar-refractivity contribution is -0.229. The first-order chi connectivity index (χ1) is 19.4. The van der Waals surface area contributed by atoms with Crippen molar-refractivity contribution in [3.8, 4) is 0 Å². The van der Waals surface area contributed by atoms with Crippen molar-refractivity contribution < 1.29 is 38.9 Å². The van der Waals surface area contributed by atoms with Crippen molar-refractivity contribution in [1.82, 2.24) is 0 Å². The highest BCUT2D eigenvalue weighted by Gasteiger charge is 2.73. The molecule has 0 bridgehead atoms. The van der Waals surface area contributed by atoms with Crippen LogP contribution in [0.3, 0.4) is 0 Å². The number of hydrogen-bond donors (Lipinski definition) is 3. The molecule has 4 saturated carbocycles. The van der Waals surface area contributed by atoms with E-state index in [1.165, 1.54) is 12.3 Å². The first kappa shape index (κ1) is 30.0. The fraction of sp³-hybridized carbons (Fsp3) is 0.750. The number of carboxylic acids is 1. The molecule has 4 aliphatic carbocycles. The molecule has 226 valence electrons. The molecule has 9 atom stereocenters. The normalized spacial score (nSPS) is 39.9. The summed E-state index contributed by atoms with van der Waals surface area (Å²) in [6, 6.07) is 3.00. The summed E-state index contributed by atoms with van der Waals surface area (Å²) in [6.45, 7) is 3.93. The van der Waals surface area contributed by atoms with Crippen LogP contribution < -0.4 is 5.63 Å². The fourth-order valence-corrected chi connectivity index (χ4v) is 9.36. The number of carboxylic acid groups (broad SMARTS) is 1. The van der Waals surface area contributed by atoms with Crippen LogP contribution in [0.2, 0.25) is 0 Å². The van der Waals surface area contributed by atoms with Crippen LogP contribution in [0.4, 0.5) is 0 Å². The zero-order valence-corrected chi connectivity index (χ0v) is 24.2. The minimum atomic E-state index is -1.27. The Labute approximate surface area is 240 Å². The van der Waals surface area contributed by atoms with Crippen LogP contribution >= 0.6 is 0 Å². The van der Waals surface area contributed by atoms with Gasteiger partial charge in [-0.3, -0.25) is 14.4 Å². The number of aliphatic hydroxyl groups is 2. The summed E-state index contributed by atoms with van der Waals surface area (Å²) < 4.78 is 10.9. The molecule has 0 spiro atoms. The minimum absolute atomic E-state index is 0.151. The summed E-state index contributed by atoms with van der Waals surface area (Å²) >= 11 is 0. The van der Waals surface area contributed by atoms with Crippen LogP contribution in [0.15, 0.2) is 27.6 Å². The summed E-state index contributed by atoms with van der Waals surface area (Å²) in [6.07, 6.45) is 7.92. The van der Waals surface area contributed by atoms with Gasteiger partial charge in [-0.2, -0.15) is 0 Å². The van der Waals surface area contributed by atoms with E-state index in [9.17, 15) is 29.4 Å². The summed E-state index contributed by atoms with van der Waals surface area (Å²) in [5, 5.41) is 32.7. The number of carbonyl (C=O) groups is 3. The fourth-order valence-electron chi connectivity index (χ4n) is 9.36. The van der Waals surface area contributed by atoms with E-state index in [1.54, 1.807) is 13.0 Å². The number of hydrogen-bond acceptors (Lipinski definition) is 8. The molecule has 0 aromatic carbocycles. The second-order valence-corrected chi connectivity index (χ2v) is 13.5. The number of ether oxygens (including phenoxy) is 1. The zero-order chi connectivity index (χ0) is 29.6. The minimum Gasteiger partial charge on any atom is -0.481 e. The average Bonchev–Trinajstić information content (AvgIpc) is 3.21. The van der Waals surface area contributed by atoms with Crippen molar-refractivity contribution in [1.29, 1.82) is 0 Å². The standard InChI is InChI=1S/C32H44O9/c1-30-15-13-21(41-26(36)8-6-4-3-5-7-24(33)34)17-20(30)10-11-23-27(30)28(37)29(38)31(2)22(14-16-32(23,31)39)19-9-12-25(35)40-18-19/h9,12,18,20-23,27-28,37,39H,3-8,10-11,13-17H2,1-2H3,(H,33,34). The van der Waals surface area contributed by atoms with E-state index in [4.69, 9.17) is 14.3 Å². The number of rotatable bonds is 9. The Balaban J connectivity index is 1.25. The molecule has 4 fully saturated rings. The molecule has 1 aromatic heterocycles. The lowest BCUT2D eigenvalue weighted by Gasteiger charge is -2.64. The second kappa shape index (κ2) is 11.3. The summed E-state index contributed by atoms with van der Waals surface area (Å²) in [7, 11) is 0. The highest BCUT2D eigenvalue weighted by atomic mass is 16.5. The monoisotopic (exact) mass is 572 g/mol. The lowest BCUT2D eigenvalue weighted by atomic mass is 9.42. The maximum atomic E-state index is 14.1. The third-order valence-electron chi connectivity index (χ3n) is 11.6. The number of aliphatic carboxylic acids is 1. The molecule has 0 amide bonds. The Hall–Kier alpha value is -2.52. The molecule has 3 N–H and O–H groups in total. The Bertz CT molecular complexity index is 1200. The van der Waals surface area contributed by atoms with Crippen LogP contribution in [0.1, 0.15) is 109 Å². The Morgan fingerprint density at radius 1 is 1.00 bits per heavy atom. The molecular weight excluding hydrogens is 528 g/mol. The molecular formula is C32H44O9. The average molecular weight is 573 g/mol. The van der Waals surface area contributed by atoms with Gasteiger partial charge in [0.1, 0.15) is 12.2 Å². The smallest absolute Gasteiger partial charge is 0.335 e. The molecule has 1 heterocycles. The molecule has 0 aliphatic heterocycles. The predicted octanol–water partition coefficient (Wildman–Crippen LogP) is 4.37. The van der Waals surface area contributed by atoms with Crippen LogP contribution in [-0.4, -0.2) is 50.9 Å². The van der Waals surface area contributed by atoms with Crippen LogP contribution in [0.25, 0.3) is 0 Å². The molecule has 9 heteroatoms. The maximum absolute atomic E-state index is 14.1. The number of ketones is 1. The summed E-state index contributed by atoms with van der Waals surface area (Å²) in [5.41, 5.74) is -2.58. The number of Topliss-reactive ketones (excluding diaryl/α,β-unsaturated/α-hetero) is 1. The third-order valence-corrected chi connectivity index (χ3v) is 11.6. The number of carbonyl (C=O) groups excluding carboxylic acids is 2. The van der Waals surface area contributed by atoms with E-state index in [0.717, 1.165) is 19.3 Å². The Morgan fingerprint density at radius 3 is 2.41 bits per heavy atom. The molecule has 0 saturated heterocycles. The molecule has 41 heavy (non-hydrogen) atoms. The predicted molar refractivity (Wildman–Crippen MR) is 148 cm³/mol. The largest absolute Gasteiger partial charge is 0.481 e. The van der Waals surface area contributed by atoms with E-state index in [1.807, 2.05) is 0 Å². The van der Waals surface area contributed by atoms with Gasteiger partial charge >= 0.3 is 17.6 Å². The van der Waals surface area contributed by atoms with E-state index in [0.29, 0.717) is 63.4 Å². The summed E-state index contributed by atoms with van der Waals surface area (Å²) in [5.74, 6) is -2.14. The summed E-state index contributed by atoms with van der Waals surface area (Å²) in [4.78, 5) is 48.8. The van der Waals surface area contributed by atoms with Crippen molar-refractivity contribution in [2.75, 3.05) is 0 Å². The van der Waals surface area contributed by atoms with E-state index < -0.39 is 28.7 Å². The molecule has 9 unspecified atom stereocenters. The van der Waals surface area contributed by atoms with Crippen molar-refractivity contribution in [3.05, 3.63) is 34.4 Å². The van der Waals surface area contributed by atoms with Crippen molar-refractivity contribution in [3.63, 3.8) is 0 Å². The Morgan fingerprint density at radius 2 is 1.73 bits per heavy atom. The van der Waals surface area contributed by atoms with Gasteiger partial charge in [0.15, 0.2) is 5.78 Å². The van der Waals surface area contributed by atoms with Gasteiger partial charge < -0.3 is 24.5 Å². The van der Waals surface area contributed by atoms with Gasteiger partial charge in [-0.15, -0.1) is 0 Å². The van der Waals surface area contributed by atoms with Gasteiger partial charge in [-0.1, -0.05) is 19.8 Å². The van der Waals surface area contributed by atoms with Crippen LogP contribution in [-0.2, 0) is 19.1 Å².